The molecular weight excluding hydrogens is 523 g/mol. The van der Waals surface area contributed by atoms with Crippen LogP contribution in [0.25, 0.3) is 10.9 Å². The SMILES string of the molecule is COc1cc2ncnc(Nc3ccc(F)c(Cl)c3)c2cc1OCCCN1CCOCC1.O=C(O)CC(=O)O. The molecule has 3 aromatic rings. The summed E-state index contributed by atoms with van der Waals surface area (Å²) in [6.45, 7) is 5.00. The fourth-order valence-electron chi connectivity index (χ4n) is 3.57. The van der Waals surface area contributed by atoms with E-state index in [4.69, 9.17) is 36.0 Å². The Morgan fingerprint density at radius 3 is 2.50 bits per heavy atom. The Hall–Kier alpha value is -3.74. The zero-order chi connectivity index (χ0) is 27.5. The Bertz CT molecular complexity index is 1250. The largest absolute Gasteiger partial charge is 0.493 e. The minimum atomic E-state index is -1.31. The summed E-state index contributed by atoms with van der Waals surface area (Å²) in [5, 5.41) is 19.4. The average molecular weight is 551 g/mol. The van der Waals surface area contributed by atoms with Crippen molar-refractivity contribution >= 4 is 45.9 Å². The molecule has 0 amide bonds. The van der Waals surface area contributed by atoms with Crippen molar-refractivity contribution in [2.75, 3.05) is 51.9 Å². The van der Waals surface area contributed by atoms with Crippen molar-refractivity contribution in [3.63, 3.8) is 0 Å². The first kappa shape index (κ1) is 28.8. The third kappa shape index (κ3) is 8.68. The maximum Gasteiger partial charge on any atom is 0.314 e. The summed E-state index contributed by atoms with van der Waals surface area (Å²) in [6.07, 6.45) is 1.55. The van der Waals surface area contributed by atoms with E-state index in [0.29, 0.717) is 35.1 Å². The number of morpholine rings is 1. The molecule has 13 heteroatoms. The number of carboxylic acids is 2. The van der Waals surface area contributed by atoms with E-state index in [2.05, 4.69) is 20.2 Å². The molecule has 4 rings (SSSR count). The van der Waals surface area contributed by atoms with Gasteiger partial charge < -0.3 is 29.7 Å². The van der Waals surface area contributed by atoms with Crippen LogP contribution in [0.15, 0.2) is 36.7 Å². The van der Waals surface area contributed by atoms with Gasteiger partial charge >= 0.3 is 11.9 Å². The predicted octanol–water partition coefficient (Wildman–Crippen LogP) is 3.82. The summed E-state index contributed by atoms with van der Waals surface area (Å²) in [6, 6.07) is 8.09. The van der Waals surface area contributed by atoms with Gasteiger partial charge in [-0.05, 0) is 30.7 Å². The number of carbonyl (C=O) groups is 2. The third-order valence-electron chi connectivity index (χ3n) is 5.39. The predicted molar refractivity (Wildman–Crippen MR) is 138 cm³/mol. The number of benzene rings is 2. The number of fused-ring (bicyclic) bond motifs is 1. The van der Waals surface area contributed by atoms with E-state index in [1.54, 1.807) is 13.2 Å². The fraction of sp³-hybridized carbons (Fsp3) is 0.360. The van der Waals surface area contributed by atoms with Crippen LogP contribution < -0.4 is 14.8 Å². The summed E-state index contributed by atoms with van der Waals surface area (Å²) in [4.78, 5) is 29.9. The first-order valence-corrected chi connectivity index (χ1v) is 12.1. The standard InChI is InChI=1S/C22H24ClFN4O3.C3H4O4/c1-29-20-13-19-16(12-21(20)31-8-2-5-28-6-9-30-10-7-28)22(26-14-25-19)27-15-3-4-18(24)17(23)11-15;4-2(5)1-3(6)7/h3-4,11-14H,2,5-10H2,1H3,(H,25,26,27);1H2,(H,4,5)(H,6,7). The summed E-state index contributed by atoms with van der Waals surface area (Å²) < 4.78 is 30.4. The summed E-state index contributed by atoms with van der Waals surface area (Å²) in [5.41, 5.74) is 1.32. The van der Waals surface area contributed by atoms with Gasteiger partial charge in [0.15, 0.2) is 11.5 Å². The lowest BCUT2D eigenvalue weighted by molar-refractivity contribution is -0.147. The van der Waals surface area contributed by atoms with Crippen LogP contribution in [0.4, 0.5) is 15.9 Å². The minimum Gasteiger partial charge on any atom is -0.493 e. The maximum atomic E-state index is 13.5. The van der Waals surface area contributed by atoms with E-state index in [1.165, 1.54) is 18.5 Å². The molecule has 11 nitrogen and oxygen atoms in total. The second-order valence-corrected chi connectivity index (χ2v) is 8.52. The fourth-order valence-corrected chi connectivity index (χ4v) is 3.75. The molecule has 2 aromatic carbocycles. The van der Waals surface area contributed by atoms with Crippen LogP contribution in [0.1, 0.15) is 12.8 Å². The second-order valence-electron chi connectivity index (χ2n) is 8.12. The lowest BCUT2D eigenvalue weighted by atomic mass is 10.2. The molecule has 0 atom stereocenters. The Morgan fingerprint density at radius 1 is 1.13 bits per heavy atom. The number of nitrogens with zero attached hydrogens (tertiary/aromatic N) is 3. The molecular formula is C25H28ClFN4O7. The van der Waals surface area contributed by atoms with Gasteiger partial charge in [0.05, 0.1) is 37.5 Å². The van der Waals surface area contributed by atoms with E-state index in [1.807, 2.05) is 12.1 Å². The van der Waals surface area contributed by atoms with E-state index in [-0.39, 0.29) is 5.02 Å². The number of nitrogens with one attached hydrogen (secondary N) is 1. The van der Waals surface area contributed by atoms with Crippen LogP contribution in [0.2, 0.25) is 5.02 Å². The normalized spacial score (nSPS) is 13.3. The number of halogens is 2. The number of carboxylic acid groups (broad SMARTS) is 2. The topological polar surface area (TPSA) is 143 Å². The lowest BCUT2D eigenvalue weighted by Gasteiger charge is -2.26. The van der Waals surface area contributed by atoms with Crippen molar-refractivity contribution in [1.29, 1.82) is 0 Å². The number of methoxy groups -OCH3 is 1. The molecule has 0 unspecified atom stereocenters. The van der Waals surface area contributed by atoms with Gasteiger partial charge in [-0.2, -0.15) is 0 Å². The van der Waals surface area contributed by atoms with Gasteiger partial charge in [0.25, 0.3) is 0 Å². The number of aromatic nitrogens is 2. The molecule has 0 saturated carbocycles. The quantitative estimate of drug-likeness (QED) is 0.250. The molecule has 1 aliphatic heterocycles. The van der Waals surface area contributed by atoms with Crippen LogP contribution in [-0.4, -0.2) is 83.6 Å². The van der Waals surface area contributed by atoms with Gasteiger partial charge in [0.2, 0.25) is 0 Å². The van der Waals surface area contributed by atoms with Gasteiger partial charge in [-0.3, -0.25) is 14.5 Å². The number of hydrogen-bond acceptors (Lipinski definition) is 9. The summed E-state index contributed by atoms with van der Waals surface area (Å²) >= 11 is 5.90. The molecule has 1 fully saturated rings. The van der Waals surface area contributed by atoms with E-state index in [9.17, 15) is 14.0 Å². The highest BCUT2D eigenvalue weighted by molar-refractivity contribution is 6.31. The molecule has 2 heterocycles. The molecule has 1 aromatic heterocycles. The zero-order valence-corrected chi connectivity index (χ0v) is 21.4. The van der Waals surface area contributed by atoms with Crippen molar-refractivity contribution in [3.8, 4) is 11.5 Å². The lowest BCUT2D eigenvalue weighted by Crippen LogP contribution is -2.37. The Morgan fingerprint density at radius 2 is 1.87 bits per heavy atom. The molecule has 0 spiro atoms. The van der Waals surface area contributed by atoms with Gasteiger partial charge in [-0.1, -0.05) is 11.6 Å². The molecule has 0 radical (unpaired) electrons. The molecule has 1 aliphatic rings. The van der Waals surface area contributed by atoms with Crippen LogP contribution in [0.5, 0.6) is 11.5 Å². The van der Waals surface area contributed by atoms with Gasteiger partial charge in [0, 0.05) is 36.8 Å². The highest BCUT2D eigenvalue weighted by atomic mass is 35.5. The summed E-state index contributed by atoms with van der Waals surface area (Å²) in [5.74, 6) is -1.31. The molecule has 204 valence electrons. The number of hydrogen-bond donors (Lipinski definition) is 3. The average Bonchev–Trinajstić information content (AvgIpc) is 2.89. The van der Waals surface area contributed by atoms with E-state index >= 15 is 0 Å². The van der Waals surface area contributed by atoms with Crippen LogP contribution >= 0.6 is 11.6 Å². The number of aliphatic carboxylic acids is 2. The molecule has 38 heavy (non-hydrogen) atoms. The van der Waals surface area contributed by atoms with Crippen molar-refractivity contribution < 1.29 is 38.4 Å². The first-order chi connectivity index (χ1) is 18.3. The van der Waals surface area contributed by atoms with Gasteiger partial charge in [-0.15, -0.1) is 0 Å². The zero-order valence-electron chi connectivity index (χ0n) is 20.7. The van der Waals surface area contributed by atoms with Crippen LogP contribution in [-0.2, 0) is 14.3 Å². The third-order valence-corrected chi connectivity index (χ3v) is 5.68. The van der Waals surface area contributed by atoms with Crippen molar-refractivity contribution in [3.05, 3.63) is 47.5 Å². The van der Waals surface area contributed by atoms with Crippen LogP contribution in [0.3, 0.4) is 0 Å². The molecule has 0 aliphatic carbocycles. The van der Waals surface area contributed by atoms with Gasteiger partial charge in [-0.25, -0.2) is 14.4 Å². The molecule has 0 bridgehead atoms. The number of rotatable bonds is 10. The van der Waals surface area contributed by atoms with E-state index in [0.717, 1.165) is 44.7 Å². The van der Waals surface area contributed by atoms with Gasteiger partial charge in [0.1, 0.15) is 24.4 Å². The Kier molecular flexibility index (Phi) is 10.8. The number of anilines is 2. The van der Waals surface area contributed by atoms with Crippen molar-refractivity contribution in [2.45, 2.75) is 12.8 Å². The monoisotopic (exact) mass is 550 g/mol. The van der Waals surface area contributed by atoms with Crippen LogP contribution in [0, 0.1) is 5.82 Å². The van der Waals surface area contributed by atoms with Crippen molar-refractivity contribution in [2.24, 2.45) is 0 Å². The smallest absolute Gasteiger partial charge is 0.314 e. The first-order valence-electron chi connectivity index (χ1n) is 11.7. The Balaban J connectivity index is 0.000000505. The maximum absolute atomic E-state index is 13.5. The number of ether oxygens (including phenoxy) is 3. The molecule has 1 saturated heterocycles. The minimum absolute atomic E-state index is 0.0364. The highest BCUT2D eigenvalue weighted by Gasteiger charge is 2.14. The Labute approximate surface area is 223 Å². The van der Waals surface area contributed by atoms with Crippen molar-refractivity contribution in [1.82, 2.24) is 14.9 Å². The highest BCUT2D eigenvalue weighted by Crippen LogP contribution is 2.35. The summed E-state index contributed by atoms with van der Waals surface area (Å²) in [7, 11) is 1.60. The second kappa shape index (κ2) is 14.3. The molecule has 3 N–H and O–H groups in total. The van der Waals surface area contributed by atoms with E-state index < -0.39 is 24.2 Å².